The summed E-state index contributed by atoms with van der Waals surface area (Å²) in [5.74, 6) is 0.200. The molecule has 0 N–H and O–H groups in total. The molecule has 0 saturated heterocycles. The number of hydrogen-bond acceptors (Lipinski definition) is 5. The molecule has 1 unspecified atom stereocenters. The standard InChI is InChI=1S/C37H25N5/c1-2-10-29-31(12-3-1)42-37-30-11-4-5-13-32(30)41-36(35(29)37)25-16-14-24(15-17-25)28-20-33(26-8-6-18-38-22-26)40-34(21-28)27-9-7-19-39-23-27/h1-9,11-23,29H,10H2. The Labute approximate surface area is 243 Å². The van der Waals surface area contributed by atoms with Crippen LogP contribution in [0.25, 0.3) is 55.8 Å². The Hall–Kier alpha value is -5.55. The molecule has 8 rings (SSSR count). The largest absolute Gasteiger partial charge is 0.264 e. The number of allylic oxidation sites excluding steroid dienone is 4. The number of fused-ring (bicyclic) bond motifs is 5. The van der Waals surface area contributed by atoms with Crippen LogP contribution >= 0.6 is 0 Å². The molecule has 6 aromatic rings. The van der Waals surface area contributed by atoms with E-state index in [9.17, 15) is 0 Å². The van der Waals surface area contributed by atoms with Crippen molar-refractivity contribution in [2.24, 2.45) is 4.99 Å². The van der Waals surface area contributed by atoms with Crippen molar-refractivity contribution in [2.45, 2.75) is 12.3 Å². The molecular weight excluding hydrogens is 514 g/mol. The summed E-state index contributed by atoms with van der Waals surface area (Å²) in [6, 6.07) is 29.2. The van der Waals surface area contributed by atoms with E-state index < -0.39 is 0 Å². The van der Waals surface area contributed by atoms with E-state index in [2.05, 4.69) is 88.9 Å². The van der Waals surface area contributed by atoms with Crippen LogP contribution in [-0.2, 0) is 0 Å². The lowest BCUT2D eigenvalue weighted by atomic mass is 9.88. The third-order valence-corrected chi connectivity index (χ3v) is 7.97. The highest BCUT2D eigenvalue weighted by atomic mass is 14.8. The quantitative estimate of drug-likeness (QED) is 0.225. The molecule has 0 amide bonds. The van der Waals surface area contributed by atoms with Crippen LogP contribution < -0.4 is 0 Å². The highest BCUT2D eigenvalue weighted by molar-refractivity contribution is 6.12. The Bertz CT molecular complexity index is 1990. The van der Waals surface area contributed by atoms with Crippen molar-refractivity contribution in [3.63, 3.8) is 0 Å². The lowest BCUT2D eigenvalue weighted by Crippen LogP contribution is -2.06. The zero-order valence-corrected chi connectivity index (χ0v) is 22.7. The van der Waals surface area contributed by atoms with E-state index in [1.165, 1.54) is 5.56 Å². The van der Waals surface area contributed by atoms with Crippen LogP contribution in [0.2, 0.25) is 0 Å². The Morgan fingerprint density at radius 2 is 1.33 bits per heavy atom. The highest BCUT2D eigenvalue weighted by Gasteiger charge is 2.31. The van der Waals surface area contributed by atoms with E-state index in [0.717, 1.165) is 73.6 Å². The van der Waals surface area contributed by atoms with Crippen LogP contribution in [0.5, 0.6) is 0 Å². The maximum atomic E-state index is 5.20. The highest BCUT2D eigenvalue weighted by Crippen LogP contribution is 2.47. The predicted octanol–water partition coefficient (Wildman–Crippen LogP) is 8.77. The van der Waals surface area contributed by atoms with Gasteiger partial charge in [-0.15, -0.1) is 0 Å². The maximum absolute atomic E-state index is 5.20. The van der Waals surface area contributed by atoms with Crippen LogP contribution in [0.1, 0.15) is 17.9 Å². The van der Waals surface area contributed by atoms with Gasteiger partial charge in [-0.2, -0.15) is 0 Å². The van der Waals surface area contributed by atoms with Crippen molar-refractivity contribution < 1.29 is 0 Å². The Kier molecular flexibility index (Phi) is 5.85. The number of rotatable bonds is 4. The average molecular weight is 540 g/mol. The summed E-state index contributed by atoms with van der Waals surface area (Å²) in [6.07, 6.45) is 16.7. The second kappa shape index (κ2) is 10.1. The van der Waals surface area contributed by atoms with E-state index >= 15 is 0 Å². The summed E-state index contributed by atoms with van der Waals surface area (Å²) < 4.78 is 0. The summed E-state index contributed by atoms with van der Waals surface area (Å²) in [4.78, 5) is 23.9. The molecule has 5 nitrogen and oxygen atoms in total. The van der Waals surface area contributed by atoms with E-state index in [0.29, 0.717) is 0 Å². The molecule has 1 aliphatic carbocycles. The van der Waals surface area contributed by atoms with Crippen LogP contribution in [0.3, 0.4) is 0 Å². The fourth-order valence-electron chi connectivity index (χ4n) is 5.92. The number of benzene rings is 2. The monoisotopic (exact) mass is 539 g/mol. The van der Waals surface area contributed by atoms with E-state index in [4.69, 9.17) is 15.0 Å². The smallest absolute Gasteiger partial charge is 0.0787 e. The molecule has 0 saturated carbocycles. The topological polar surface area (TPSA) is 63.9 Å². The van der Waals surface area contributed by atoms with Crippen molar-refractivity contribution in [3.05, 3.63) is 140 Å². The van der Waals surface area contributed by atoms with Crippen molar-refractivity contribution in [2.75, 3.05) is 0 Å². The van der Waals surface area contributed by atoms with Crippen LogP contribution in [0.15, 0.2) is 139 Å². The molecule has 0 bridgehead atoms. The van der Waals surface area contributed by atoms with Crippen molar-refractivity contribution in [3.8, 4) is 44.9 Å². The second-order valence-electron chi connectivity index (χ2n) is 10.5. The minimum Gasteiger partial charge on any atom is -0.264 e. The molecule has 2 aliphatic rings. The van der Waals surface area contributed by atoms with Gasteiger partial charge in [-0.25, -0.2) is 9.97 Å². The van der Waals surface area contributed by atoms with Gasteiger partial charge in [0.1, 0.15) is 0 Å². The predicted molar refractivity (Wildman–Crippen MR) is 170 cm³/mol. The van der Waals surface area contributed by atoms with Gasteiger partial charge in [0.25, 0.3) is 0 Å². The van der Waals surface area contributed by atoms with Crippen LogP contribution in [0.4, 0.5) is 5.69 Å². The maximum Gasteiger partial charge on any atom is 0.0787 e. The van der Waals surface area contributed by atoms with E-state index in [1.54, 1.807) is 12.4 Å². The number of aromatic nitrogens is 4. The molecule has 2 aromatic carbocycles. The number of aliphatic imine (C=N–C) groups is 1. The fourth-order valence-corrected chi connectivity index (χ4v) is 5.92. The van der Waals surface area contributed by atoms with Gasteiger partial charge in [-0.1, -0.05) is 60.7 Å². The van der Waals surface area contributed by atoms with Gasteiger partial charge >= 0.3 is 0 Å². The molecule has 4 aromatic heterocycles. The normalized spacial score (nSPS) is 15.2. The number of pyridine rings is 4. The summed E-state index contributed by atoms with van der Waals surface area (Å²) in [6.45, 7) is 0. The van der Waals surface area contributed by atoms with E-state index in [1.807, 2.05) is 42.7 Å². The Morgan fingerprint density at radius 1 is 0.619 bits per heavy atom. The van der Waals surface area contributed by atoms with Gasteiger partial charge in [-0.05, 0) is 66.1 Å². The van der Waals surface area contributed by atoms with Gasteiger partial charge in [0.15, 0.2) is 0 Å². The fraction of sp³-hybridized carbons (Fsp3) is 0.0541. The van der Waals surface area contributed by atoms with Crippen molar-refractivity contribution in [1.82, 2.24) is 19.9 Å². The Balaban J connectivity index is 1.25. The number of para-hydroxylation sites is 1. The molecule has 0 radical (unpaired) electrons. The summed E-state index contributed by atoms with van der Waals surface area (Å²) in [5, 5.41) is 1.11. The zero-order chi connectivity index (χ0) is 27.9. The van der Waals surface area contributed by atoms with Gasteiger partial charge in [0, 0.05) is 64.1 Å². The first-order valence-corrected chi connectivity index (χ1v) is 14.1. The van der Waals surface area contributed by atoms with Crippen molar-refractivity contribution >= 4 is 22.3 Å². The first-order chi connectivity index (χ1) is 20.8. The molecule has 198 valence electrons. The third kappa shape index (κ3) is 4.23. The summed E-state index contributed by atoms with van der Waals surface area (Å²) in [7, 11) is 0. The van der Waals surface area contributed by atoms with Gasteiger partial charge in [-0.3, -0.25) is 15.0 Å². The molecule has 42 heavy (non-hydrogen) atoms. The second-order valence-corrected chi connectivity index (χ2v) is 10.5. The lowest BCUT2D eigenvalue weighted by molar-refractivity contribution is 0.935. The zero-order valence-electron chi connectivity index (χ0n) is 22.7. The van der Waals surface area contributed by atoms with Gasteiger partial charge < -0.3 is 0 Å². The summed E-state index contributed by atoms with van der Waals surface area (Å²) >= 11 is 0. The SMILES string of the molecule is C1=CCC2C(=Nc3c2c(-c2ccc(-c4cc(-c5cccnc5)nc(-c5cccnc5)c4)cc2)nc2ccccc32)C=C1. The molecule has 1 aliphatic heterocycles. The minimum atomic E-state index is 0.200. The number of nitrogens with zero attached hydrogens (tertiary/aromatic N) is 5. The molecule has 1 atom stereocenters. The van der Waals surface area contributed by atoms with Gasteiger partial charge in [0.05, 0.1) is 28.3 Å². The molecule has 5 heterocycles. The lowest BCUT2D eigenvalue weighted by Gasteiger charge is -2.16. The van der Waals surface area contributed by atoms with E-state index in [-0.39, 0.29) is 5.92 Å². The first-order valence-electron chi connectivity index (χ1n) is 14.1. The molecule has 0 spiro atoms. The average Bonchev–Trinajstić information content (AvgIpc) is 3.27. The van der Waals surface area contributed by atoms with Crippen LogP contribution in [-0.4, -0.2) is 25.6 Å². The van der Waals surface area contributed by atoms with Crippen LogP contribution in [0, 0.1) is 0 Å². The Morgan fingerprint density at radius 3 is 2.05 bits per heavy atom. The van der Waals surface area contributed by atoms with Crippen molar-refractivity contribution in [1.29, 1.82) is 0 Å². The van der Waals surface area contributed by atoms with Gasteiger partial charge in [0.2, 0.25) is 0 Å². The minimum absolute atomic E-state index is 0.200. The molecule has 0 fully saturated rings. The first kappa shape index (κ1) is 24.3. The third-order valence-electron chi connectivity index (χ3n) is 7.97. The number of hydrogen-bond donors (Lipinski definition) is 0. The summed E-state index contributed by atoms with van der Waals surface area (Å²) in [5.41, 5.74) is 12.3. The molecular formula is C37H25N5. The molecule has 5 heteroatoms.